The predicted octanol–water partition coefficient (Wildman–Crippen LogP) is 0.766. The molecule has 3 atom stereocenters. The van der Waals surface area contributed by atoms with Crippen LogP contribution in [0.5, 0.6) is 0 Å². The molecule has 3 fully saturated rings. The largest absolute Gasteiger partial charge is 0.480 e. The third-order valence-corrected chi connectivity index (χ3v) is 7.33. The molecule has 0 radical (unpaired) electrons. The minimum absolute atomic E-state index is 0.0570. The molecular weight excluding hydrogens is 368 g/mol. The first-order valence-electron chi connectivity index (χ1n) is 9.90. The maximum absolute atomic E-state index is 12.1. The van der Waals surface area contributed by atoms with Crippen LogP contribution in [-0.4, -0.2) is 76.2 Å². The maximum atomic E-state index is 12.1. The number of rotatable bonds is 10. The van der Waals surface area contributed by atoms with E-state index in [0.717, 1.165) is 37.9 Å². The van der Waals surface area contributed by atoms with Crippen molar-refractivity contribution in [1.82, 2.24) is 20.9 Å². The third-order valence-electron chi connectivity index (χ3n) is 5.82. The van der Waals surface area contributed by atoms with Crippen molar-refractivity contribution in [3.05, 3.63) is 0 Å². The highest BCUT2D eigenvalue weighted by atomic mass is 32.2. The Labute approximate surface area is 164 Å². The van der Waals surface area contributed by atoms with Gasteiger partial charge in [-0.15, -0.1) is 0 Å². The van der Waals surface area contributed by atoms with Crippen LogP contribution in [0, 0.1) is 0 Å². The molecule has 0 spiro atoms. The van der Waals surface area contributed by atoms with Crippen molar-refractivity contribution < 1.29 is 19.5 Å². The molecule has 0 bridgehead atoms. The molecule has 0 aromatic carbocycles. The van der Waals surface area contributed by atoms with Crippen LogP contribution in [0.15, 0.2) is 0 Å². The summed E-state index contributed by atoms with van der Waals surface area (Å²) < 4.78 is 0. The molecule has 0 aromatic rings. The number of amides is 3. The Morgan fingerprint density at radius 1 is 1.30 bits per heavy atom. The average molecular weight is 399 g/mol. The average Bonchev–Trinajstić information content (AvgIpc) is 3.12. The van der Waals surface area contributed by atoms with Gasteiger partial charge in [-0.1, -0.05) is 13.3 Å². The molecule has 2 saturated heterocycles. The number of nitrogens with zero attached hydrogens (tertiary/aromatic N) is 1. The molecule has 1 saturated carbocycles. The van der Waals surface area contributed by atoms with Gasteiger partial charge in [-0.25, -0.2) is 4.79 Å². The number of urea groups is 1. The Hall–Kier alpha value is -1.48. The molecule has 0 aromatic heterocycles. The zero-order valence-corrected chi connectivity index (χ0v) is 16.6. The summed E-state index contributed by atoms with van der Waals surface area (Å²) in [4.78, 5) is 36.3. The van der Waals surface area contributed by atoms with Gasteiger partial charge in [0.2, 0.25) is 5.91 Å². The van der Waals surface area contributed by atoms with Crippen molar-refractivity contribution >= 4 is 29.7 Å². The van der Waals surface area contributed by atoms with Gasteiger partial charge in [-0.05, 0) is 32.2 Å². The van der Waals surface area contributed by atoms with Crippen molar-refractivity contribution in [2.45, 2.75) is 74.9 Å². The van der Waals surface area contributed by atoms with E-state index in [1.54, 1.807) is 0 Å². The molecular formula is C18H30N4O4S. The van der Waals surface area contributed by atoms with E-state index in [-0.39, 0.29) is 42.7 Å². The van der Waals surface area contributed by atoms with E-state index in [4.69, 9.17) is 5.11 Å². The maximum Gasteiger partial charge on any atom is 0.317 e. The van der Waals surface area contributed by atoms with Crippen molar-refractivity contribution in [1.29, 1.82) is 0 Å². The molecule has 9 heteroatoms. The molecule has 152 valence electrons. The second-order valence-corrected chi connectivity index (χ2v) is 8.99. The molecule has 8 nitrogen and oxygen atoms in total. The van der Waals surface area contributed by atoms with Gasteiger partial charge in [0.25, 0.3) is 0 Å². The molecule has 1 aliphatic carbocycles. The number of carboxylic acids is 1. The van der Waals surface area contributed by atoms with Crippen LogP contribution in [0.4, 0.5) is 4.79 Å². The molecule has 3 unspecified atom stereocenters. The van der Waals surface area contributed by atoms with Crippen molar-refractivity contribution in [2.75, 3.05) is 18.8 Å². The van der Waals surface area contributed by atoms with Gasteiger partial charge < -0.3 is 21.1 Å². The van der Waals surface area contributed by atoms with Crippen LogP contribution >= 0.6 is 11.8 Å². The first-order valence-corrected chi connectivity index (χ1v) is 10.9. The van der Waals surface area contributed by atoms with E-state index in [0.29, 0.717) is 18.2 Å². The fraction of sp³-hybridized carbons (Fsp3) is 0.833. The van der Waals surface area contributed by atoms with E-state index in [1.165, 1.54) is 0 Å². The Kier molecular flexibility index (Phi) is 6.86. The number of unbranched alkanes of at least 4 members (excludes halogenated alkanes) is 1. The second kappa shape index (κ2) is 9.14. The Bertz CT molecular complexity index is 570. The lowest BCUT2D eigenvalue weighted by molar-refractivity contribution is -0.139. The van der Waals surface area contributed by atoms with E-state index >= 15 is 0 Å². The first-order chi connectivity index (χ1) is 13.0. The smallest absolute Gasteiger partial charge is 0.317 e. The van der Waals surface area contributed by atoms with Crippen molar-refractivity contribution in [3.63, 3.8) is 0 Å². The van der Waals surface area contributed by atoms with Crippen LogP contribution < -0.4 is 16.0 Å². The lowest BCUT2D eigenvalue weighted by Gasteiger charge is -2.42. The van der Waals surface area contributed by atoms with Crippen molar-refractivity contribution in [2.24, 2.45) is 0 Å². The summed E-state index contributed by atoms with van der Waals surface area (Å²) in [6, 6.07) is 0.871. The number of carbonyl (C=O) groups excluding carboxylic acids is 2. The van der Waals surface area contributed by atoms with Gasteiger partial charge in [-0.2, -0.15) is 11.8 Å². The second-order valence-electron chi connectivity index (χ2n) is 7.71. The molecule has 2 aliphatic heterocycles. The van der Waals surface area contributed by atoms with E-state index in [1.807, 2.05) is 23.6 Å². The lowest BCUT2D eigenvalue weighted by atomic mass is 9.85. The standard InChI is InChI=1S/C18H30N4O4S/c1-2-22(9-16(24)25)12-7-11(8-12)19-15(23)6-4-3-5-14-17-13(10-27-14)20-18(26)21-17/h11-14,17H,2-10H2,1H3,(H,19,23)(H,24,25)(H2,20,21,26). The number of fused-ring (bicyclic) bond motifs is 1. The summed E-state index contributed by atoms with van der Waals surface area (Å²) in [5, 5.41) is 18.4. The Morgan fingerprint density at radius 2 is 2.07 bits per heavy atom. The summed E-state index contributed by atoms with van der Waals surface area (Å²) >= 11 is 1.90. The highest BCUT2D eigenvalue weighted by molar-refractivity contribution is 8.00. The summed E-state index contributed by atoms with van der Waals surface area (Å²) in [6.45, 7) is 2.75. The fourth-order valence-corrected chi connectivity index (χ4v) is 5.79. The monoisotopic (exact) mass is 398 g/mol. The minimum Gasteiger partial charge on any atom is -0.480 e. The molecule has 2 heterocycles. The number of carboxylic acid groups (broad SMARTS) is 1. The number of hydrogen-bond donors (Lipinski definition) is 4. The number of hydrogen-bond acceptors (Lipinski definition) is 5. The molecule has 4 N–H and O–H groups in total. The topological polar surface area (TPSA) is 111 Å². The molecule has 3 rings (SSSR count). The lowest BCUT2D eigenvalue weighted by Crippen LogP contribution is -2.54. The Balaban J connectivity index is 1.26. The van der Waals surface area contributed by atoms with Crippen LogP contribution in [0.25, 0.3) is 0 Å². The summed E-state index contributed by atoms with van der Waals surface area (Å²) in [5.74, 6) is 0.255. The highest BCUT2D eigenvalue weighted by Crippen LogP contribution is 2.33. The third kappa shape index (κ3) is 5.28. The van der Waals surface area contributed by atoms with E-state index < -0.39 is 5.97 Å². The summed E-state index contributed by atoms with van der Waals surface area (Å²) in [5.41, 5.74) is 0. The fourth-order valence-electron chi connectivity index (χ4n) is 4.25. The van der Waals surface area contributed by atoms with Gasteiger partial charge in [0.1, 0.15) is 0 Å². The van der Waals surface area contributed by atoms with Crippen LogP contribution in [0.1, 0.15) is 45.4 Å². The van der Waals surface area contributed by atoms with Gasteiger partial charge in [0.15, 0.2) is 0 Å². The highest BCUT2D eigenvalue weighted by Gasteiger charge is 2.42. The van der Waals surface area contributed by atoms with Crippen LogP contribution in [0.2, 0.25) is 0 Å². The van der Waals surface area contributed by atoms with Gasteiger partial charge >= 0.3 is 12.0 Å². The van der Waals surface area contributed by atoms with Crippen molar-refractivity contribution in [3.8, 4) is 0 Å². The zero-order valence-electron chi connectivity index (χ0n) is 15.8. The minimum atomic E-state index is -0.802. The summed E-state index contributed by atoms with van der Waals surface area (Å²) in [7, 11) is 0. The number of nitrogens with one attached hydrogen (secondary N) is 3. The zero-order chi connectivity index (χ0) is 19.4. The number of aliphatic carboxylic acids is 1. The first kappa shape index (κ1) is 20.3. The number of carbonyl (C=O) groups is 3. The number of likely N-dealkylation sites (N-methyl/N-ethyl adjacent to an activating group) is 1. The molecule has 27 heavy (non-hydrogen) atoms. The van der Waals surface area contributed by atoms with E-state index in [9.17, 15) is 14.4 Å². The molecule has 3 aliphatic rings. The Morgan fingerprint density at radius 3 is 2.78 bits per heavy atom. The van der Waals surface area contributed by atoms with E-state index in [2.05, 4.69) is 16.0 Å². The molecule has 3 amide bonds. The van der Waals surface area contributed by atoms with Gasteiger partial charge in [-0.3, -0.25) is 14.5 Å². The summed E-state index contributed by atoms with van der Waals surface area (Å²) in [6.07, 6.45) is 5.07. The van der Waals surface area contributed by atoms with Gasteiger partial charge in [0, 0.05) is 29.5 Å². The van der Waals surface area contributed by atoms with Crippen LogP contribution in [-0.2, 0) is 9.59 Å². The predicted molar refractivity (Wildman–Crippen MR) is 104 cm³/mol. The van der Waals surface area contributed by atoms with Crippen LogP contribution in [0.3, 0.4) is 0 Å². The quantitative estimate of drug-likeness (QED) is 0.320. The SMILES string of the molecule is CCN(CC(=O)O)C1CC(NC(=O)CCCCC2SCC3NC(=O)NC32)C1. The number of thioether (sulfide) groups is 1. The normalized spacial score (nSPS) is 31.8. The van der Waals surface area contributed by atoms with Gasteiger partial charge in [0.05, 0.1) is 18.6 Å².